The highest BCUT2D eigenvalue weighted by Crippen LogP contribution is 2.29. The zero-order chi connectivity index (χ0) is 28.0. The van der Waals surface area contributed by atoms with Gasteiger partial charge in [-0.15, -0.1) is 0 Å². The number of likely N-dealkylation sites (tertiary alicyclic amines) is 1. The first kappa shape index (κ1) is 29.6. The number of benzene rings is 2. The highest BCUT2D eigenvalue weighted by Gasteiger charge is 2.25. The summed E-state index contributed by atoms with van der Waals surface area (Å²) in [5.74, 6) is 0.836. The smallest absolute Gasteiger partial charge is 0.321 e. The molecule has 8 heteroatoms. The van der Waals surface area contributed by atoms with E-state index in [4.69, 9.17) is 5.73 Å². The predicted octanol–water partition coefficient (Wildman–Crippen LogP) is 4.04. The van der Waals surface area contributed by atoms with Crippen LogP contribution in [0.4, 0.5) is 4.79 Å². The summed E-state index contributed by atoms with van der Waals surface area (Å²) in [6, 6.07) is 19.9. The highest BCUT2D eigenvalue weighted by atomic mass is 16.2. The third-order valence-electron chi connectivity index (χ3n) is 8.18. The van der Waals surface area contributed by atoms with Crippen molar-refractivity contribution in [2.45, 2.75) is 57.3 Å². The average Bonchev–Trinajstić information content (AvgIpc) is 2.99. The van der Waals surface area contributed by atoms with Crippen molar-refractivity contribution in [1.82, 2.24) is 20.9 Å². The van der Waals surface area contributed by atoms with Crippen molar-refractivity contribution in [3.05, 3.63) is 71.8 Å². The van der Waals surface area contributed by atoms with Gasteiger partial charge in [-0.2, -0.15) is 0 Å². The highest BCUT2D eigenvalue weighted by molar-refractivity contribution is 5.95. The van der Waals surface area contributed by atoms with Gasteiger partial charge in [0.2, 0.25) is 5.91 Å². The summed E-state index contributed by atoms with van der Waals surface area (Å²) < 4.78 is 0. The third kappa shape index (κ3) is 9.97. The van der Waals surface area contributed by atoms with E-state index in [1.165, 1.54) is 19.3 Å². The lowest BCUT2D eigenvalue weighted by Gasteiger charge is -2.29. The van der Waals surface area contributed by atoms with Crippen molar-refractivity contribution in [3.63, 3.8) is 0 Å². The first-order valence-corrected chi connectivity index (χ1v) is 15.0. The van der Waals surface area contributed by atoms with E-state index >= 15 is 0 Å². The molecule has 216 valence electrons. The molecule has 1 saturated carbocycles. The van der Waals surface area contributed by atoms with Crippen LogP contribution in [0.15, 0.2) is 65.7 Å². The molecule has 2 aliphatic rings. The molecule has 0 spiro atoms. The van der Waals surface area contributed by atoms with E-state index in [9.17, 15) is 9.59 Å². The quantitative estimate of drug-likeness (QED) is 0.252. The van der Waals surface area contributed by atoms with Crippen molar-refractivity contribution < 1.29 is 9.59 Å². The van der Waals surface area contributed by atoms with E-state index in [1.807, 2.05) is 48.5 Å². The molecular weight excluding hydrogens is 500 g/mol. The molecule has 4 rings (SSSR count). The van der Waals surface area contributed by atoms with Crippen LogP contribution in [0.1, 0.15) is 62.0 Å². The molecular formula is C32H46N6O2. The molecule has 2 aromatic rings. The van der Waals surface area contributed by atoms with Crippen LogP contribution in [-0.4, -0.2) is 62.1 Å². The monoisotopic (exact) mass is 546 g/mol. The number of aliphatic imine (C=N–C) groups is 1. The van der Waals surface area contributed by atoms with Gasteiger partial charge in [-0.1, -0.05) is 73.5 Å². The van der Waals surface area contributed by atoms with Gasteiger partial charge in [0.1, 0.15) is 0 Å². The van der Waals surface area contributed by atoms with E-state index in [2.05, 4.69) is 38.0 Å². The van der Waals surface area contributed by atoms with Gasteiger partial charge in [-0.3, -0.25) is 15.1 Å². The van der Waals surface area contributed by atoms with E-state index in [0.717, 1.165) is 56.4 Å². The Morgan fingerprint density at radius 1 is 0.900 bits per heavy atom. The molecule has 2 fully saturated rings. The summed E-state index contributed by atoms with van der Waals surface area (Å²) in [5.41, 5.74) is 8.20. The van der Waals surface area contributed by atoms with Crippen LogP contribution in [0, 0.1) is 11.8 Å². The van der Waals surface area contributed by atoms with Crippen LogP contribution in [0.25, 0.3) is 0 Å². The zero-order valence-corrected chi connectivity index (χ0v) is 23.7. The lowest BCUT2D eigenvalue weighted by molar-refractivity contribution is -0.122. The molecule has 3 atom stereocenters. The Hall–Kier alpha value is -3.39. The molecule has 1 aliphatic heterocycles. The molecule has 1 aliphatic carbocycles. The SMILES string of the molecule is NC(=NCC1CCCC(CNC(=O)C(Cc2ccccc2)c2ccccc2)C1)NC(=O)NCCN1CCCCC1. The van der Waals surface area contributed by atoms with E-state index in [0.29, 0.717) is 37.9 Å². The van der Waals surface area contributed by atoms with Gasteiger partial charge in [0, 0.05) is 26.2 Å². The van der Waals surface area contributed by atoms with Gasteiger partial charge in [-0.25, -0.2) is 4.79 Å². The minimum Gasteiger partial charge on any atom is -0.370 e. The Labute approximate surface area is 239 Å². The van der Waals surface area contributed by atoms with E-state index < -0.39 is 0 Å². The minimum absolute atomic E-state index is 0.0786. The van der Waals surface area contributed by atoms with Crippen molar-refractivity contribution in [3.8, 4) is 0 Å². The van der Waals surface area contributed by atoms with Gasteiger partial charge < -0.3 is 21.3 Å². The number of urea groups is 1. The van der Waals surface area contributed by atoms with Gasteiger partial charge in [0.25, 0.3) is 0 Å². The summed E-state index contributed by atoms with van der Waals surface area (Å²) in [5, 5.41) is 8.79. The second-order valence-electron chi connectivity index (χ2n) is 11.3. The fraction of sp³-hybridized carbons (Fsp3) is 0.531. The predicted molar refractivity (Wildman–Crippen MR) is 161 cm³/mol. The van der Waals surface area contributed by atoms with Crippen LogP contribution >= 0.6 is 0 Å². The molecule has 0 radical (unpaired) electrons. The Kier molecular flexibility index (Phi) is 11.8. The number of amides is 3. The topological polar surface area (TPSA) is 112 Å². The number of hydrogen-bond acceptors (Lipinski definition) is 4. The molecule has 3 unspecified atom stereocenters. The normalized spacial score (nSPS) is 20.9. The number of nitrogens with one attached hydrogen (secondary N) is 3. The summed E-state index contributed by atoms with van der Waals surface area (Å²) >= 11 is 0. The summed E-state index contributed by atoms with van der Waals surface area (Å²) in [6.45, 7) is 4.95. The molecule has 5 N–H and O–H groups in total. The first-order valence-electron chi connectivity index (χ1n) is 15.0. The van der Waals surface area contributed by atoms with Crippen LogP contribution in [0.3, 0.4) is 0 Å². The second kappa shape index (κ2) is 16.0. The molecule has 2 aromatic carbocycles. The minimum atomic E-state index is -0.300. The second-order valence-corrected chi connectivity index (χ2v) is 11.3. The van der Waals surface area contributed by atoms with Crippen LogP contribution in [-0.2, 0) is 11.2 Å². The third-order valence-corrected chi connectivity index (χ3v) is 8.18. The Balaban J connectivity index is 1.19. The molecule has 8 nitrogen and oxygen atoms in total. The fourth-order valence-corrected chi connectivity index (χ4v) is 5.96. The maximum Gasteiger partial charge on any atom is 0.321 e. The number of guanidine groups is 1. The lowest BCUT2D eigenvalue weighted by atomic mass is 9.81. The number of hydrogen-bond donors (Lipinski definition) is 4. The van der Waals surface area contributed by atoms with Crippen LogP contribution < -0.4 is 21.7 Å². The van der Waals surface area contributed by atoms with Gasteiger partial charge in [0.15, 0.2) is 5.96 Å². The average molecular weight is 547 g/mol. The molecule has 3 amide bonds. The molecule has 1 heterocycles. The Morgan fingerprint density at radius 3 is 2.35 bits per heavy atom. The number of rotatable bonds is 11. The number of nitrogens with zero attached hydrogens (tertiary/aromatic N) is 2. The maximum absolute atomic E-state index is 13.4. The van der Waals surface area contributed by atoms with Gasteiger partial charge >= 0.3 is 6.03 Å². The summed E-state index contributed by atoms with van der Waals surface area (Å²) in [7, 11) is 0. The van der Waals surface area contributed by atoms with Crippen molar-refractivity contribution in [1.29, 1.82) is 0 Å². The van der Waals surface area contributed by atoms with Crippen molar-refractivity contribution in [2.24, 2.45) is 22.6 Å². The van der Waals surface area contributed by atoms with E-state index in [-0.39, 0.29) is 23.8 Å². The molecule has 1 saturated heterocycles. The summed E-state index contributed by atoms with van der Waals surface area (Å²) in [4.78, 5) is 32.4. The van der Waals surface area contributed by atoms with Gasteiger partial charge in [0.05, 0.1) is 5.92 Å². The number of nitrogens with two attached hydrogens (primary N) is 1. The van der Waals surface area contributed by atoms with E-state index in [1.54, 1.807) is 0 Å². The lowest BCUT2D eigenvalue weighted by Crippen LogP contribution is -2.46. The fourth-order valence-electron chi connectivity index (χ4n) is 5.96. The molecule has 0 bridgehead atoms. The van der Waals surface area contributed by atoms with Crippen LogP contribution in [0.2, 0.25) is 0 Å². The van der Waals surface area contributed by atoms with Crippen molar-refractivity contribution >= 4 is 17.9 Å². The van der Waals surface area contributed by atoms with Crippen molar-refractivity contribution in [2.75, 3.05) is 39.3 Å². The first-order chi connectivity index (χ1) is 19.6. The number of carbonyl (C=O) groups excluding carboxylic acids is 2. The number of piperidine rings is 1. The number of carbonyl (C=O) groups is 2. The zero-order valence-electron chi connectivity index (χ0n) is 23.7. The molecule has 0 aromatic heterocycles. The Bertz CT molecular complexity index is 1070. The standard InChI is InChI=1S/C32H46N6O2/c33-31(37-32(40)34-17-20-38-18-8-3-9-19-38)36-24-27-14-10-13-26(21-27)23-35-30(39)29(28-15-6-2-7-16-28)22-25-11-4-1-5-12-25/h1-2,4-7,11-12,15-16,26-27,29H,3,8-10,13-14,17-24H2,(H,35,39)(H4,33,34,36,37,40). The maximum atomic E-state index is 13.4. The largest absolute Gasteiger partial charge is 0.370 e. The Morgan fingerprint density at radius 2 is 1.60 bits per heavy atom. The molecule has 40 heavy (non-hydrogen) atoms. The summed E-state index contributed by atoms with van der Waals surface area (Å²) in [6.07, 6.45) is 8.75. The van der Waals surface area contributed by atoms with Gasteiger partial charge in [-0.05, 0) is 74.6 Å². The van der Waals surface area contributed by atoms with Crippen LogP contribution in [0.5, 0.6) is 0 Å².